The zero-order valence-corrected chi connectivity index (χ0v) is 16.8. The van der Waals surface area contributed by atoms with Crippen LogP contribution < -0.4 is 10.6 Å². The van der Waals surface area contributed by atoms with Gasteiger partial charge in [0.15, 0.2) is 0 Å². The standard InChI is InChI=1S/C23H19N3O3S/c27-20(15-26-22(28)21(25-23(26)29)16-9-3-1-4-10-16)24-18-13-7-8-14-19(18)30-17-11-5-2-6-12-17/h1-14,21H,15H2,(H,24,27)(H,25,29). The Morgan fingerprint density at radius 2 is 1.53 bits per heavy atom. The molecule has 0 aromatic heterocycles. The van der Waals surface area contributed by atoms with Crippen molar-refractivity contribution in [3.8, 4) is 0 Å². The molecule has 1 aliphatic heterocycles. The van der Waals surface area contributed by atoms with Crippen molar-refractivity contribution in [3.63, 3.8) is 0 Å². The number of para-hydroxylation sites is 1. The molecule has 0 saturated carbocycles. The van der Waals surface area contributed by atoms with E-state index in [2.05, 4.69) is 10.6 Å². The number of rotatable bonds is 6. The number of amides is 4. The van der Waals surface area contributed by atoms with Gasteiger partial charge in [-0.2, -0.15) is 0 Å². The third-order valence-electron chi connectivity index (χ3n) is 4.59. The number of anilines is 1. The van der Waals surface area contributed by atoms with E-state index in [9.17, 15) is 14.4 Å². The first-order valence-corrected chi connectivity index (χ1v) is 10.2. The van der Waals surface area contributed by atoms with Crippen molar-refractivity contribution in [1.29, 1.82) is 0 Å². The Balaban J connectivity index is 1.44. The number of imide groups is 1. The molecule has 3 aromatic rings. The van der Waals surface area contributed by atoms with E-state index in [4.69, 9.17) is 0 Å². The predicted molar refractivity (Wildman–Crippen MR) is 115 cm³/mol. The second-order valence-electron chi connectivity index (χ2n) is 6.68. The normalized spacial score (nSPS) is 15.7. The lowest BCUT2D eigenvalue weighted by Crippen LogP contribution is -2.38. The maximum Gasteiger partial charge on any atom is 0.325 e. The summed E-state index contributed by atoms with van der Waals surface area (Å²) < 4.78 is 0. The van der Waals surface area contributed by atoms with Gasteiger partial charge in [0.25, 0.3) is 5.91 Å². The van der Waals surface area contributed by atoms with E-state index in [0.29, 0.717) is 11.3 Å². The summed E-state index contributed by atoms with van der Waals surface area (Å²) in [6, 6.07) is 24.8. The van der Waals surface area contributed by atoms with Crippen molar-refractivity contribution < 1.29 is 14.4 Å². The quantitative estimate of drug-likeness (QED) is 0.593. The van der Waals surface area contributed by atoms with E-state index in [1.54, 1.807) is 30.3 Å². The number of hydrogen-bond donors (Lipinski definition) is 2. The van der Waals surface area contributed by atoms with Gasteiger partial charge in [-0.3, -0.25) is 14.5 Å². The fourth-order valence-corrected chi connectivity index (χ4v) is 4.07. The van der Waals surface area contributed by atoms with Gasteiger partial charge in [-0.25, -0.2) is 4.79 Å². The minimum absolute atomic E-state index is 0.349. The van der Waals surface area contributed by atoms with Crippen molar-refractivity contribution in [1.82, 2.24) is 10.2 Å². The maximum atomic E-state index is 12.7. The van der Waals surface area contributed by atoms with E-state index in [-0.39, 0.29) is 6.54 Å². The van der Waals surface area contributed by atoms with Gasteiger partial charge in [-0.15, -0.1) is 0 Å². The Morgan fingerprint density at radius 3 is 2.27 bits per heavy atom. The van der Waals surface area contributed by atoms with Gasteiger partial charge in [0.05, 0.1) is 5.69 Å². The highest BCUT2D eigenvalue weighted by atomic mass is 32.2. The van der Waals surface area contributed by atoms with E-state index in [1.807, 2.05) is 54.6 Å². The van der Waals surface area contributed by atoms with Crippen molar-refractivity contribution in [2.24, 2.45) is 0 Å². The number of benzene rings is 3. The minimum atomic E-state index is -0.771. The third-order valence-corrected chi connectivity index (χ3v) is 5.68. The molecular weight excluding hydrogens is 398 g/mol. The van der Waals surface area contributed by atoms with Crippen LogP contribution in [0.15, 0.2) is 94.7 Å². The summed E-state index contributed by atoms with van der Waals surface area (Å²) in [6.07, 6.45) is 0. The van der Waals surface area contributed by atoms with Gasteiger partial charge in [0, 0.05) is 9.79 Å². The third kappa shape index (κ3) is 4.36. The first-order valence-electron chi connectivity index (χ1n) is 9.40. The Morgan fingerprint density at radius 1 is 0.900 bits per heavy atom. The van der Waals surface area contributed by atoms with Gasteiger partial charge < -0.3 is 10.6 Å². The van der Waals surface area contributed by atoms with Crippen LogP contribution >= 0.6 is 11.8 Å². The molecule has 3 aromatic carbocycles. The molecule has 2 N–H and O–H groups in total. The number of nitrogens with one attached hydrogen (secondary N) is 2. The molecule has 0 bridgehead atoms. The minimum Gasteiger partial charge on any atom is -0.323 e. The Kier molecular flexibility index (Phi) is 5.81. The van der Waals surface area contributed by atoms with Crippen LogP contribution in [0.1, 0.15) is 11.6 Å². The lowest BCUT2D eigenvalue weighted by atomic mass is 10.1. The molecule has 1 saturated heterocycles. The fourth-order valence-electron chi connectivity index (χ4n) is 3.15. The summed E-state index contributed by atoms with van der Waals surface area (Å²) in [7, 11) is 0. The highest BCUT2D eigenvalue weighted by molar-refractivity contribution is 7.99. The SMILES string of the molecule is O=C(CN1C(=O)NC(c2ccccc2)C1=O)Nc1ccccc1Sc1ccccc1. The molecule has 4 rings (SSSR count). The van der Waals surface area contributed by atoms with Crippen molar-refractivity contribution in [2.45, 2.75) is 15.8 Å². The van der Waals surface area contributed by atoms with Gasteiger partial charge >= 0.3 is 6.03 Å². The second kappa shape index (κ2) is 8.84. The van der Waals surface area contributed by atoms with Gasteiger partial charge in [0.1, 0.15) is 12.6 Å². The van der Waals surface area contributed by atoms with Crippen LogP contribution in [0.2, 0.25) is 0 Å². The topological polar surface area (TPSA) is 78.5 Å². The monoisotopic (exact) mass is 417 g/mol. The van der Waals surface area contributed by atoms with Crippen molar-refractivity contribution in [3.05, 3.63) is 90.5 Å². The molecule has 1 unspecified atom stereocenters. The van der Waals surface area contributed by atoms with Crippen LogP contribution in [-0.4, -0.2) is 29.3 Å². The van der Waals surface area contributed by atoms with Gasteiger partial charge in [-0.05, 0) is 29.8 Å². The van der Waals surface area contributed by atoms with Crippen LogP contribution in [0.5, 0.6) is 0 Å². The lowest BCUT2D eigenvalue weighted by Gasteiger charge is -2.15. The largest absolute Gasteiger partial charge is 0.325 e. The number of nitrogens with zero attached hydrogens (tertiary/aromatic N) is 1. The summed E-state index contributed by atoms with van der Waals surface area (Å²) in [5.41, 5.74) is 1.31. The summed E-state index contributed by atoms with van der Waals surface area (Å²) >= 11 is 1.52. The molecule has 0 spiro atoms. The van der Waals surface area contributed by atoms with Crippen LogP contribution in [0.4, 0.5) is 10.5 Å². The summed E-state index contributed by atoms with van der Waals surface area (Å²) in [5.74, 6) is -0.874. The molecule has 0 aliphatic carbocycles. The zero-order chi connectivity index (χ0) is 20.9. The number of urea groups is 1. The Hall–Kier alpha value is -3.58. The fraction of sp³-hybridized carbons (Fsp3) is 0.0870. The molecule has 1 fully saturated rings. The predicted octanol–water partition coefficient (Wildman–Crippen LogP) is 4.07. The van der Waals surface area contributed by atoms with Crippen LogP contribution in [0.25, 0.3) is 0 Å². The van der Waals surface area contributed by atoms with Crippen LogP contribution in [-0.2, 0) is 9.59 Å². The number of hydrogen-bond acceptors (Lipinski definition) is 4. The molecule has 0 radical (unpaired) electrons. The molecular formula is C23H19N3O3S. The van der Waals surface area contributed by atoms with E-state index >= 15 is 0 Å². The molecule has 7 heteroatoms. The van der Waals surface area contributed by atoms with Gasteiger partial charge in [-0.1, -0.05) is 72.4 Å². The molecule has 4 amide bonds. The van der Waals surface area contributed by atoms with E-state index < -0.39 is 23.9 Å². The Labute approximate surface area is 178 Å². The van der Waals surface area contributed by atoms with Crippen LogP contribution in [0, 0.1) is 0 Å². The first-order chi connectivity index (χ1) is 14.6. The van der Waals surface area contributed by atoms with Crippen molar-refractivity contribution in [2.75, 3.05) is 11.9 Å². The molecule has 30 heavy (non-hydrogen) atoms. The maximum absolute atomic E-state index is 12.7. The summed E-state index contributed by atoms with van der Waals surface area (Å²) in [4.78, 5) is 40.4. The molecule has 1 atom stereocenters. The van der Waals surface area contributed by atoms with Gasteiger partial charge in [0.2, 0.25) is 5.91 Å². The Bertz CT molecular complexity index is 1070. The summed E-state index contributed by atoms with van der Waals surface area (Å²) in [5, 5.41) is 5.46. The van der Waals surface area contributed by atoms with E-state index in [1.165, 1.54) is 11.8 Å². The van der Waals surface area contributed by atoms with Crippen LogP contribution in [0.3, 0.4) is 0 Å². The average molecular weight is 417 g/mol. The summed E-state index contributed by atoms with van der Waals surface area (Å²) in [6.45, 7) is -0.349. The second-order valence-corrected chi connectivity index (χ2v) is 7.79. The molecule has 150 valence electrons. The smallest absolute Gasteiger partial charge is 0.323 e. The molecule has 6 nitrogen and oxygen atoms in total. The van der Waals surface area contributed by atoms with E-state index in [0.717, 1.165) is 14.7 Å². The molecule has 1 heterocycles. The average Bonchev–Trinajstić information content (AvgIpc) is 3.05. The first kappa shape index (κ1) is 19.7. The molecule has 1 aliphatic rings. The zero-order valence-electron chi connectivity index (χ0n) is 15.9. The van der Waals surface area contributed by atoms with Crippen molar-refractivity contribution >= 4 is 35.3 Å². The number of carbonyl (C=O) groups excluding carboxylic acids is 3. The highest BCUT2D eigenvalue weighted by Crippen LogP contribution is 2.33. The lowest BCUT2D eigenvalue weighted by molar-refractivity contribution is -0.130. The highest BCUT2D eigenvalue weighted by Gasteiger charge is 2.39. The number of carbonyl (C=O) groups is 3.